The summed E-state index contributed by atoms with van der Waals surface area (Å²) in [4.78, 5) is 43.0. The third-order valence-corrected chi connectivity index (χ3v) is 5.16. The molecular weight excluding hydrogens is 380 g/mol. The lowest BCUT2D eigenvalue weighted by Crippen LogP contribution is -2.46. The van der Waals surface area contributed by atoms with Crippen LogP contribution in [0.15, 0.2) is 40.5 Å². The maximum absolute atomic E-state index is 12.9. The highest BCUT2D eigenvalue weighted by atomic mass is 32.2. The number of hydrogen-bond acceptors (Lipinski definition) is 7. The van der Waals surface area contributed by atoms with Gasteiger partial charge in [0.1, 0.15) is 5.75 Å². The van der Waals surface area contributed by atoms with Crippen LogP contribution in [0.25, 0.3) is 0 Å². The Bertz CT molecular complexity index is 890. The van der Waals surface area contributed by atoms with Gasteiger partial charge in [0.25, 0.3) is 0 Å². The van der Waals surface area contributed by atoms with Gasteiger partial charge in [0, 0.05) is 19.1 Å². The van der Waals surface area contributed by atoms with Crippen LogP contribution in [0.4, 0.5) is 0 Å². The minimum absolute atomic E-state index is 0.109. The number of rotatable bonds is 4. The zero-order valence-electron chi connectivity index (χ0n) is 16.2. The number of ether oxygens (including phenoxy) is 2. The van der Waals surface area contributed by atoms with Gasteiger partial charge < -0.3 is 9.47 Å². The van der Waals surface area contributed by atoms with Gasteiger partial charge in [-0.05, 0) is 38.5 Å². The van der Waals surface area contributed by atoms with E-state index in [1.165, 1.54) is 18.7 Å². The van der Waals surface area contributed by atoms with Gasteiger partial charge in [-0.15, -0.1) is 0 Å². The van der Waals surface area contributed by atoms with Crippen molar-refractivity contribution >= 4 is 34.8 Å². The number of fused-ring (bicyclic) bond motifs is 1. The van der Waals surface area contributed by atoms with Gasteiger partial charge >= 0.3 is 11.9 Å². The SMILES string of the molecule is CC(=O)Oc1cccc([C@@H]2C(C(=O)OC(C)C)=C(C)N=C3SCCC(=O)N32)c1. The molecule has 1 amide bonds. The highest BCUT2D eigenvalue weighted by Gasteiger charge is 2.41. The second-order valence-corrected chi connectivity index (χ2v) is 7.84. The van der Waals surface area contributed by atoms with Crippen LogP contribution in [0.1, 0.15) is 45.7 Å². The molecule has 2 heterocycles. The van der Waals surface area contributed by atoms with Crippen molar-refractivity contribution < 1.29 is 23.9 Å². The number of thioether (sulfide) groups is 1. The number of amides is 1. The summed E-state index contributed by atoms with van der Waals surface area (Å²) in [6, 6.07) is 6.15. The lowest BCUT2D eigenvalue weighted by atomic mass is 9.94. The Balaban J connectivity index is 2.12. The molecule has 148 valence electrons. The number of amidine groups is 1. The summed E-state index contributed by atoms with van der Waals surface area (Å²) in [6.45, 7) is 6.59. The highest BCUT2D eigenvalue weighted by molar-refractivity contribution is 8.14. The maximum Gasteiger partial charge on any atom is 0.338 e. The zero-order valence-corrected chi connectivity index (χ0v) is 17.0. The van der Waals surface area contributed by atoms with Crippen molar-refractivity contribution in [3.05, 3.63) is 41.1 Å². The molecule has 0 unspecified atom stereocenters. The number of carbonyl (C=O) groups is 3. The van der Waals surface area contributed by atoms with Gasteiger partial charge in [0.05, 0.1) is 23.4 Å². The van der Waals surface area contributed by atoms with Crippen molar-refractivity contribution in [2.24, 2.45) is 4.99 Å². The maximum atomic E-state index is 12.9. The molecule has 0 saturated carbocycles. The smallest absolute Gasteiger partial charge is 0.338 e. The standard InChI is InChI=1S/C20H22N2O5S/c1-11(2)26-19(25)17-12(3)21-20-22(16(24)8-9-28-20)18(17)14-6-5-7-15(10-14)27-13(4)23/h5-7,10-11,18H,8-9H2,1-4H3/t18-/m1/s1. The fourth-order valence-corrected chi connectivity index (χ4v) is 4.17. The van der Waals surface area contributed by atoms with E-state index in [9.17, 15) is 14.4 Å². The normalized spacial score (nSPS) is 19.3. The van der Waals surface area contributed by atoms with Crippen molar-refractivity contribution in [1.29, 1.82) is 0 Å². The minimum atomic E-state index is -0.686. The lowest BCUT2D eigenvalue weighted by molar-refractivity contribution is -0.143. The van der Waals surface area contributed by atoms with Crippen LogP contribution in [0.3, 0.4) is 0 Å². The van der Waals surface area contributed by atoms with E-state index in [1.54, 1.807) is 49.9 Å². The Labute approximate surface area is 167 Å². The molecule has 28 heavy (non-hydrogen) atoms. The number of aliphatic imine (C=N–C) groups is 1. The summed E-state index contributed by atoms with van der Waals surface area (Å²) in [5, 5.41) is 0.567. The van der Waals surface area contributed by atoms with Crippen molar-refractivity contribution in [2.45, 2.75) is 46.3 Å². The van der Waals surface area contributed by atoms with Gasteiger partial charge in [-0.1, -0.05) is 23.9 Å². The third-order valence-electron chi connectivity index (χ3n) is 4.20. The van der Waals surface area contributed by atoms with Crippen molar-refractivity contribution in [1.82, 2.24) is 4.90 Å². The fourth-order valence-electron chi connectivity index (χ4n) is 3.16. The Morgan fingerprint density at radius 3 is 2.75 bits per heavy atom. The molecule has 0 spiro atoms. The number of carbonyl (C=O) groups excluding carboxylic acids is 3. The zero-order chi connectivity index (χ0) is 20.4. The summed E-state index contributed by atoms with van der Waals surface area (Å²) in [6.07, 6.45) is 0.0488. The summed E-state index contributed by atoms with van der Waals surface area (Å²) >= 11 is 1.48. The summed E-state index contributed by atoms with van der Waals surface area (Å²) in [5.41, 5.74) is 1.48. The number of benzene rings is 1. The molecule has 8 heteroatoms. The molecule has 0 N–H and O–H groups in total. The van der Waals surface area contributed by atoms with Crippen molar-refractivity contribution in [2.75, 3.05) is 5.75 Å². The van der Waals surface area contributed by atoms with E-state index < -0.39 is 18.0 Å². The summed E-state index contributed by atoms with van der Waals surface area (Å²) < 4.78 is 10.6. The monoisotopic (exact) mass is 402 g/mol. The second kappa shape index (κ2) is 8.18. The average Bonchev–Trinajstić information content (AvgIpc) is 2.59. The van der Waals surface area contributed by atoms with Gasteiger partial charge in [-0.25, -0.2) is 9.79 Å². The molecule has 0 aromatic heterocycles. The van der Waals surface area contributed by atoms with Gasteiger partial charge in [0.2, 0.25) is 5.91 Å². The average molecular weight is 402 g/mol. The fraction of sp³-hybridized carbons (Fsp3) is 0.400. The number of allylic oxidation sites excluding steroid dienone is 1. The van der Waals surface area contributed by atoms with E-state index in [-0.39, 0.29) is 12.0 Å². The molecule has 2 aliphatic heterocycles. The molecule has 7 nitrogen and oxygen atoms in total. The molecule has 1 fully saturated rings. The molecule has 1 atom stereocenters. The van der Waals surface area contributed by atoms with Crippen LogP contribution in [0, 0.1) is 0 Å². The Morgan fingerprint density at radius 1 is 1.32 bits per heavy atom. The lowest BCUT2D eigenvalue weighted by Gasteiger charge is -2.39. The first-order chi connectivity index (χ1) is 13.3. The molecule has 2 aliphatic rings. The van der Waals surface area contributed by atoms with E-state index in [1.807, 2.05) is 0 Å². The molecule has 0 bridgehead atoms. The Hall–Kier alpha value is -2.61. The molecule has 1 aromatic carbocycles. The van der Waals surface area contributed by atoms with E-state index >= 15 is 0 Å². The Kier molecular flexibility index (Phi) is 5.88. The predicted molar refractivity (Wildman–Crippen MR) is 106 cm³/mol. The van der Waals surface area contributed by atoms with Crippen molar-refractivity contribution in [3.63, 3.8) is 0 Å². The van der Waals surface area contributed by atoms with Crippen LogP contribution in [-0.4, -0.2) is 39.8 Å². The van der Waals surface area contributed by atoms with Gasteiger partial charge in [0.15, 0.2) is 5.17 Å². The second-order valence-electron chi connectivity index (χ2n) is 6.78. The van der Waals surface area contributed by atoms with Crippen LogP contribution < -0.4 is 4.74 Å². The predicted octanol–water partition coefficient (Wildman–Crippen LogP) is 3.21. The molecule has 3 rings (SSSR count). The van der Waals surface area contributed by atoms with E-state index in [0.717, 1.165) is 0 Å². The van der Waals surface area contributed by atoms with E-state index in [2.05, 4.69) is 4.99 Å². The first-order valence-corrected chi connectivity index (χ1v) is 10.00. The van der Waals surface area contributed by atoms with Crippen molar-refractivity contribution in [3.8, 4) is 5.75 Å². The van der Waals surface area contributed by atoms with Crippen LogP contribution in [0.5, 0.6) is 5.75 Å². The number of esters is 2. The first-order valence-electron chi connectivity index (χ1n) is 9.01. The molecule has 1 aromatic rings. The van der Waals surface area contributed by atoms with Gasteiger partial charge in [-0.2, -0.15) is 0 Å². The third kappa shape index (κ3) is 4.11. The number of nitrogens with zero attached hydrogens (tertiary/aromatic N) is 2. The van der Waals surface area contributed by atoms with E-state index in [4.69, 9.17) is 9.47 Å². The number of hydrogen-bond donors (Lipinski definition) is 0. The van der Waals surface area contributed by atoms with Gasteiger partial charge in [-0.3, -0.25) is 14.5 Å². The topological polar surface area (TPSA) is 85.3 Å². The van der Waals surface area contributed by atoms with E-state index in [0.29, 0.717) is 39.9 Å². The van der Waals surface area contributed by atoms with Crippen LogP contribution in [0.2, 0.25) is 0 Å². The quantitative estimate of drug-likeness (QED) is 0.568. The summed E-state index contributed by atoms with van der Waals surface area (Å²) in [5.74, 6) is -0.0727. The first kappa shape index (κ1) is 20.1. The minimum Gasteiger partial charge on any atom is -0.459 e. The largest absolute Gasteiger partial charge is 0.459 e. The molecular formula is C20H22N2O5S. The Morgan fingerprint density at radius 2 is 2.07 bits per heavy atom. The molecule has 1 saturated heterocycles. The molecule has 0 radical (unpaired) electrons. The van der Waals surface area contributed by atoms with Crippen LogP contribution in [-0.2, 0) is 19.1 Å². The summed E-state index contributed by atoms with van der Waals surface area (Å²) in [7, 11) is 0. The highest BCUT2D eigenvalue weighted by Crippen LogP contribution is 2.41. The van der Waals surface area contributed by atoms with Crippen LogP contribution >= 0.6 is 11.8 Å². The molecule has 0 aliphatic carbocycles.